The van der Waals surface area contributed by atoms with E-state index in [1.807, 2.05) is 19.3 Å². The molecule has 1 aliphatic heterocycles. The first-order valence-corrected chi connectivity index (χ1v) is 12.7. The van der Waals surface area contributed by atoms with Crippen LogP contribution in [0.2, 0.25) is 0 Å². The lowest BCUT2D eigenvalue weighted by molar-refractivity contribution is 0.291. The van der Waals surface area contributed by atoms with E-state index < -0.39 is 0 Å². The first-order valence-electron chi connectivity index (χ1n) is 12.7. The van der Waals surface area contributed by atoms with Crippen LogP contribution in [0.1, 0.15) is 68.2 Å². The molecule has 0 aromatic carbocycles. The van der Waals surface area contributed by atoms with Crippen molar-refractivity contribution in [1.82, 2.24) is 24.4 Å². The highest BCUT2D eigenvalue weighted by Crippen LogP contribution is 2.48. The van der Waals surface area contributed by atoms with E-state index in [2.05, 4.69) is 63.2 Å². The smallest absolute Gasteiger partial charge is 0.146 e. The fourth-order valence-corrected chi connectivity index (χ4v) is 5.70. The molecule has 3 aliphatic rings. The van der Waals surface area contributed by atoms with E-state index in [4.69, 9.17) is 12.2 Å². The molecule has 2 N–H and O–H groups in total. The van der Waals surface area contributed by atoms with Crippen molar-refractivity contribution in [3.63, 3.8) is 0 Å². The van der Waals surface area contributed by atoms with Crippen molar-refractivity contribution in [2.75, 3.05) is 19.3 Å². The molecule has 0 unspecified atom stereocenters. The molecule has 6 rings (SSSR count). The van der Waals surface area contributed by atoms with Crippen LogP contribution in [0.3, 0.4) is 0 Å². The van der Waals surface area contributed by atoms with Crippen LogP contribution in [0.5, 0.6) is 0 Å². The number of fused-ring (bicyclic) bond motifs is 1. The average molecular weight is 481 g/mol. The number of nitrogens with two attached hydrogens (primary N) is 1. The summed E-state index contributed by atoms with van der Waals surface area (Å²) in [4.78, 5) is 15.7. The highest BCUT2D eigenvalue weighted by Gasteiger charge is 2.48. The number of terminal acetylenes is 2. The molecule has 0 bridgehead atoms. The highest BCUT2D eigenvalue weighted by molar-refractivity contribution is 6.04. The third kappa shape index (κ3) is 4.62. The summed E-state index contributed by atoms with van der Waals surface area (Å²) in [7, 11) is 4.28. The van der Waals surface area contributed by atoms with Crippen molar-refractivity contribution in [3.05, 3.63) is 41.5 Å². The topological polar surface area (TPSA) is 72.9 Å². The van der Waals surface area contributed by atoms with Gasteiger partial charge in [-0.1, -0.05) is 12.0 Å². The van der Waals surface area contributed by atoms with Crippen molar-refractivity contribution in [3.8, 4) is 36.4 Å². The number of rotatable bonds is 2. The Bertz CT molecular complexity index is 1350. The van der Waals surface area contributed by atoms with Crippen molar-refractivity contribution in [2.45, 2.75) is 63.8 Å². The van der Waals surface area contributed by atoms with Crippen molar-refractivity contribution < 1.29 is 0 Å². The molecule has 186 valence electrons. The Hall–Kier alpha value is -3.61. The van der Waals surface area contributed by atoms with Crippen molar-refractivity contribution in [1.29, 1.82) is 0 Å². The zero-order chi connectivity index (χ0) is 25.9. The molecule has 36 heavy (non-hydrogen) atoms. The fraction of sp³-hybridized carbons (Fsp3) is 0.433. The first kappa shape index (κ1) is 25.5. The number of hydrogen-bond acceptors (Lipinski definition) is 5. The maximum absolute atomic E-state index is 6.27. The monoisotopic (exact) mass is 480 g/mol. The quantitative estimate of drug-likeness (QED) is 0.500. The zero-order valence-corrected chi connectivity index (χ0v) is 21.7. The van der Waals surface area contributed by atoms with E-state index in [0.717, 1.165) is 51.8 Å². The molecule has 1 spiro atoms. The molecule has 4 heterocycles. The molecule has 2 aliphatic carbocycles. The SMILES string of the molecule is C#C.C#Cc1cc(C)c(-c2c(C3=CCCCC3)c3c(N)ncnc3n2C)cn1.CN1CCCC12CC2. The van der Waals surface area contributed by atoms with E-state index in [9.17, 15) is 0 Å². The van der Waals surface area contributed by atoms with Crippen LogP contribution in [-0.2, 0) is 7.05 Å². The fourth-order valence-electron chi connectivity index (χ4n) is 5.70. The van der Waals surface area contributed by atoms with Crippen molar-refractivity contribution >= 4 is 22.4 Å². The molecule has 2 fully saturated rings. The number of nitrogen functional groups attached to an aromatic ring is 1. The predicted octanol–water partition coefficient (Wildman–Crippen LogP) is 5.35. The molecule has 6 heteroatoms. The van der Waals surface area contributed by atoms with Gasteiger partial charge in [-0.25, -0.2) is 15.0 Å². The molecule has 3 aromatic heterocycles. The Balaban J connectivity index is 0.000000254. The molecule has 1 saturated carbocycles. The number of nitrogens with zero attached hydrogens (tertiary/aromatic N) is 5. The molecular formula is C30H36N6. The first-order chi connectivity index (χ1) is 17.4. The van der Waals surface area contributed by atoms with Gasteiger partial charge in [0.1, 0.15) is 23.5 Å². The van der Waals surface area contributed by atoms with Gasteiger partial charge in [-0.3, -0.25) is 0 Å². The lowest BCUT2D eigenvalue weighted by Crippen LogP contribution is -2.25. The second kappa shape index (κ2) is 10.6. The van der Waals surface area contributed by atoms with Gasteiger partial charge in [-0.15, -0.1) is 19.3 Å². The summed E-state index contributed by atoms with van der Waals surface area (Å²) in [5, 5.41) is 0.929. The van der Waals surface area contributed by atoms with E-state index in [1.54, 1.807) is 0 Å². The Morgan fingerprint density at radius 1 is 1.06 bits per heavy atom. The van der Waals surface area contributed by atoms with Crippen LogP contribution in [0.15, 0.2) is 24.7 Å². The highest BCUT2D eigenvalue weighted by atomic mass is 15.2. The van der Waals surface area contributed by atoms with Gasteiger partial charge >= 0.3 is 0 Å². The Labute approximate surface area is 215 Å². The van der Waals surface area contributed by atoms with Crippen LogP contribution in [0.4, 0.5) is 5.82 Å². The van der Waals surface area contributed by atoms with Gasteiger partial charge < -0.3 is 15.2 Å². The van der Waals surface area contributed by atoms with Crippen LogP contribution < -0.4 is 5.73 Å². The summed E-state index contributed by atoms with van der Waals surface area (Å²) in [6, 6.07) is 1.95. The Morgan fingerprint density at radius 3 is 2.39 bits per heavy atom. The normalized spacial score (nSPS) is 17.9. The summed E-state index contributed by atoms with van der Waals surface area (Å²) in [5.74, 6) is 3.12. The Morgan fingerprint density at radius 2 is 1.83 bits per heavy atom. The van der Waals surface area contributed by atoms with Gasteiger partial charge in [0.15, 0.2) is 0 Å². The summed E-state index contributed by atoms with van der Waals surface area (Å²) in [5.41, 5.74) is 14.2. The number of aromatic nitrogens is 4. The van der Waals surface area contributed by atoms with Gasteiger partial charge in [0.2, 0.25) is 0 Å². The second-order valence-corrected chi connectivity index (χ2v) is 9.99. The van der Waals surface area contributed by atoms with E-state index in [0.29, 0.717) is 11.5 Å². The van der Waals surface area contributed by atoms with E-state index in [-0.39, 0.29) is 0 Å². The number of anilines is 1. The molecule has 0 amide bonds. The number of aryl methyl sites for hydroxylation is 2. The van der Waals surface area contributed by atoms with E-state index >= 15 is 0 Å². The molecule has 0 radical (unpaired) electrons. The predicted molar refractivity (Wildman–Crippen MR) is 149 cm³/mol. The number of allylic oxidation sites excluding steroid dienone is 2. The number of pyridine rings is 1. The molecule has 1 saturated heterocycles. The maximum Gasteiger partial charge on any atom is 0.146 e. The van der Waals surface area contributed by atoms with Crippen molar-refractivity contribution in [2.24, 2.45) is 7.05 Å². The van der Waals surface area contributed by atoms with E-state index in [1.165, 1.54) is 57.0 Å². The van der Waals surface area contributed by atoms with Crippen LogP contribution in [0, 0.1) is 32.1 Å². The standard InChI is InChI=1S/C21H21N5.C7H13N.C2H2/c1-4-15-10-13(2)16(11-23-15)19-17(14-8-6-5-7-9-14)18-20(22)24-12-25-21(18)26(19)3;1-8-6-2-3-7(8)4-5-7;1-2/h1,8,10-12H,5-7,9H2,2-3H3,(H2,22,24,25);2-6H2,1H3;1-2H. The second-order valence-electron chi connectivity index (χ2n) is 9.99. The van der Waals surface area contributed by atoms with Gasteiger partial charge in [0, 0.05) is 29.9 Å². The average Bonchev–Trinajstić information content (AvgIpc) is 3.53. The summed E-state index contributed by atoms with van der Waals surface area (Å²) >= 11 is 0. The largest absolute Gasteiger partial charge is 0.383 e. The lowest BCUT2D eigenvalue weighted by Gasteiger charge is -2.16. The molecule has 6 nitrogen and oxygen atoms in total. The van der Waals surface area contributed by atoms with Gasteiger partial charge in [-0.05, 0) is 89.1 Å². The van der Waals surface area contributed by atoms with Gasteiger partial charge in [0.05, 0.1) is 11.1 Å². The summed E-state index contributed by atoms with van der Waals surface area (Å²) in [6.07, 6.45) is 29.6. The molecule has 0 atom stereocenters. The maximum atomic E-state index is 6.27. The minimum absolute atomic E-state index is 0.518. The van der Waals surface area contributed by atoms with Crippen LogP contribution >= 0.6 is 0 Å². The minimum Gasteiger partial charge on any atom is -0.383 e. The lowest BCUT2D eigenvalue weighted by atomic mass is 9.90. The van der Waals surface area contributed by atoms with Crippen LogP contribution in [-0.4, -0.2) is 43.6 Å². The van der Waals surface area contributed by atoms with Gasteiger partial charge in [0.25, 0.3) is 0 Å². The van der Waals surface area contributed by atoms with Crippen LogP contribution in [0.25, 0.3) is 27.9 Å². The Kier molecular flexibility index (Phi) is 7.48. The molecule has 3 aromatic rings. The minimum atomic E-state index is 0.518. The molecular weight excluding hydrogens is 444 g/mol. The number of hydrogen-bond donors (Lipinski definition) is 1. The third-order valence-corrected chi connectivity index (χ3v) is 7.89. The number of likely N-dealkylation sites (tertiary alicyclic amines) is 1. The zero-order valence-electron chi connectivity index (χ0n) is 21.7. The summed E-state index contributed by atoms with van der Waals surface area (Å²) < 4.78 is 2.09. The van der Waals surface area contributed by atoms with Gasteiger partial charge in [-0.2, -0.15) is 0 Å². The third-order valence-electron chi connectivity index (χ3n) is 7.89. The summed E-state index contributed by atoms with van der Waals surface area (Å²) in [6.45, 7) is 3.41.